The second-order valence-electron chi connectivity index (χ2n) is 15.1. The van der Waals surface area contributed by atoms with Gasteiger partial charge in [0, 0.05) is 41.7 Å². The van der Waals surface area contributed by atoms with E-state index in [1.807, 2.05) is 17.4 Å². The molecule has 0 bridgehead atoms. The van der Waals surface area contributed by atoms with Gasteiger partial charge in [0.2, 0.25) is 0 Å². The summed E-state index contributed by atoms with van der Waals surface area (Å²) in [6, 6.07) is 54.0. The Hall–Kier alpha value is -6.16. The monoisotopic (exact) mass is 709 g/mol. The lowest BCUT2D eigenvalue weighted by atomic mass is 9.86. The molecule has 256 valence electrons. The van der Waals surface area contributed by atoms with Crippen LogP contribution in [0, 0.1) is 0 Å². The van der Waals surface area contributed by atoms with Crippen LogP contribution in [0.4, 0.5) is 0 Å². The van der Waals surface area contributed by atoms with Gasteiger partial charge in [0.15, 0.2) is 0 Å². The fourth-order valence-corrected chi connectivity index (χ4v) is 10.9. The standard InChI is InChI=1S/C51H35NOS/c1-2-12-31(13-3-1)34-26-32-14-4-5-15-36(32)41-30-42-38-16-6-8-19-43(38)52(45(42)28-35(41)27-34)44-20-11-23-48-51(44)40-25-24-33(29-49(40)54-48)37-18-10-22-47-50(37)39-17-7-9-21-46(39)53-47/h1-3,5-13,15-25,28-30,34H,4,14,26-27H2/t34-/m0/s1. The van der Waals surface area contributed by atoms with Crippen molar-refractivity contribution in [2.75, 3.05) is 0 Å². The number of rotatable bonds is 3. The van der Waals surface area contributed by atoms with Crippen LogP contribution >= 0.6 is 11.3 Å². The summed E-state index contributed by atoms with van der Waals surface area (Å²) in [4.78, 5) is 0. The minimum Gasteiger partial charge on any atom is -0.456 e. The molecule has 0 N–H and O–H groups in total. The molecule has 0 aliphatic heterocycles. The SMILES string of the molecule is C1=CC2=C(CC1)C[C@H](c1ccccc1)Cc1cc3c(cc12)c1ccccc1n3-c1cccc2sc3cc(-c4cccc5oc6ccccc6c45)ccc3c12. The van der Waals surface area contributed by atoms with Crippen LogP contribution in [0.15, 0.2) is 168 Å². The molecule has 10 aromatic rings. The van der Waals surface area contributed by atoms with Gasteiger partial charge in [0.1, 0.15) is 11.2 Å². The summed E-state index contributed by atoms with van der Waals surface area (Å²) in [5.41, 5.74) is 15.4. The summed E-state index contributed by atoms with van der Waals surface area (Å²) < 4.78 is 11.4. The van der Waals surface area contributed by atoms with Gasteiger partial charge in [0.05, 0.1) is 16.7 Å². The van der Waals surface area contributed by atoms with Gasteiger partial charge in [-0.05, 0) is 114 Å². The largest absolute Gasteiger partial charge is 0.456 e. The minimum atomic E-state index is 0.462. The Morgan fingerprint density at radius 2 is 1.41 bits per heavy atom. The highest BCUT2D eigenvalue weighted by molar-refractivity contribution is 7.26. The summed E-state index contributed by atoms with van der Waals surface area (Å²) >= 11 is 1.89. The lowest BCUT2D eigenvalue weighted by molar-refractivity contribution is 0.664. The van der Waals surface area contributed by atoms with Gasteiger partial charge in [-0.15, -0.1) is 11.3 Å². The van der Waals surface area contributed by atoms with Crippen LogP contribution in [0.3, 0.4) is 0 Å². The number of benzene rings is 7. The highest BCUT2D eigenvalue weighted by Gasteiger charge is 2.27. The number of hydrogen-bond acceptors (Lipinski definition) is 2. The Balaban J connectivity index is 1.08. The highest BCUT2D eigenvalue weighted by Crippen LogP contribution is 2.47. The van der Waals surface area contributed by atoms with E-state index in [0.29, 0.717) is 5.92 Å². The fraction of sp³-hybridized carbons (Fsp3) is 0.0980. The zero-order valence-electron chi connectivity index (χ0n) is 29.7. The molecule has 2 aliphatic carbocycles. The Morgan fingerprint density at radius 3 is 2.35 bits per heavy atom. The third-order valence-corrected chi connectivity index (χ3v) is 13.2. The van der Waals surface area contributed by atoms with Crippen molar-refractivity contribution in [3.05, 3.63) is 180 Å². The van der Waals surface area contributed by atoms with Gasteiger partial charge in [-0.25, -0.2) is 0 Å². The van der Waals surface area contributed by atoms with Crippen LogP contribution in [0.25, 0.3) is 86.3 Å². The molecule has 54 heavy (non-hydrogen) atoms. The van der Waals surface area contributed by atoms with E-state index in [9.17, 15) is 0 Å². The average molecular weight is 710 g/mol. The van der Waals surface area contributed by atoms with E-state index in [4.69, 9.17) is 4.42 Å². The topological polar surface area (TPSA) is 18.1 Å². The van der Waals surface area contributed by atoms with E-state index in [1.54, 1.807) is 5.57 Å². The molecular formula is C51H35NOS. The Morgan fingerprint density at radius 1 is 0.574 bits per heavy atom. The molecule has 3 heterocycles. The molecule has 3 aromatic heterocycles. The lowest BCUT2D eigenvalue weighted by Gasteiger charge is -2.18. The molecule has 12 rings (SSSR count). The van der Waals surface area contributed by atoms with Gasteiger partial charge in [-0.1, -0.05) is 115 Å². The number of aromatic nitrogens is 1. The predicted octanol–water partition coefficient (Wildman–Crippen LogP) is 14.6. The summed E-state index contributed by atoms with van der Waals surface area (Å²) in [5.74, 6) is 0.462. The molecule has 7 aromatic carbocycles. The predicted molar refractivity (Wildman–Crippen MR) is 229 cm³/mol. The van der Waals surface area contributed by atoms with E-state index in [1.165, 1.54) is 86.4 Å². The third kappa shape index (κ3) is 4.45. The zero-order valence-corrected chi connectivity index (χ0v) is 30.5. The quantitative estimate of drug-likeness (QED) is 0.179. The van der Waals surface area contributed by atoms with E-state index >= 15 is 0 Å². The molecule has 0 unspecified atom stereocenters. The molecule has 0 spiro atoms. The maximum Gasteiger partial charge on any atom is 0.136 e. The molecule has 0 fully saturated rings. The molecule has 0 saturated heterocycles. The van der Waals surface area contributed by atoms with E-state index in [-0.39, 0.29) is 0 Å². The molecule has 1 atom stereocenters. The maximum absolute atomic E-state index is 6.27. The molecular weight excluding hydrogens is 675 g/mol. The van der Waals surface area contributed by atoms with Crippen LogP contribution in [0.2, 0.25) is 0 Å². The summed E-state index contributed by atoms with van der Waals surface area (Å²) in [7, 11) is 0. The normalized spacial score (nSPS) is 15.9. The number of furan rings is 1. The van der Waals surface area contributed by atoms with Crippen LogP contribution in [-0.2, 0) is 6.42 Å². The summed E-state index contributed by atoms with van der Waals surface area (Å²) in [6.45, 7) is 0. The first kappa shape index (κ1) is 30.3. The first-order valence-electron chi connectivity index (χ1n) is 19.1. The molecule has 0 saturated carbocycles. The average Bonchev–Trinajstić information content (AvgIpc) is 3.86. The van der Waals surface area contributed by atoms with Crippen molar-refractivity contribution in [2.45, 2.75) is 31.6 Å². The fourth-order valence-electron chi connectivity index (χ4n) is 9.71. The van der Waals surface area contributed by atoms with Crippen LogP contribution in [0.1, 0.15) is 41.9 Å². The second kappa shape index (κ2) is 11.7. The highest BCUT2D eigenvalue weighted by atomic mass is 32.1. The van der Waals surface area contributed by atoms with Gasteiger partial charge < -0.3 is 8.98 Å². The summed E-state index contributed by atoms with van der Waals surface area (Å²) in [5, 5.41) is 7.59. The Labute approximate surface area is 316 Å². The lowest BCUT2D eigenvalue weighted by Crippen LogP contribution is -2.04. The molecule has 0 radical (unpaired) electrons. The number of nitrogens with zero attached hydrogens (tertiary/aromatic N) is 1. The summed E-state index contributed by atoms with van der Waals surface area (Å²) in [6.07, 6.45) is 9.23. The van der Waals surface area contributed by atoms with Crippen molar-refractivity contribution < 1.29 is 4.42 Å². The minimum absolute atomic E-state index is 0.462. The van der Waals surface area contributed by atoms with Crippen LogP contribution < -0.4 is 0 Å². The van der Waals surface area contributed by atoms with E-state index in [0.717, 1.165) is 42.2 Å². The van der Waals surface area contributed by atoms with Gasteiger partial charge >= 0.3 is 0 Å². The van der Waals surface area contributed by atoms with Crippen molar-refractivity contribution >= 4 is 80.8 Å². The van der Waals surface area contributed by atoms with Crippen LogP contribution in [-0.4, -0.2) is 4.57 Å². The first-order valence-corrected chi connectivity index (χ1v) is 19.9. The molecule has 2 aliphatic rings. The first-order chi connectivity index (χ1) is 26.8. The van der Waals surface area contributed by atoms with Gasteiger partial charge in [-0.3, -0.25) is 0 Å². The van der Waals surface area contributed by atoms with Crippen LogP contribution in [0.5, 0.6) is 0 Å². The van der Waals surface area contributed by atoms with E-state index < -0.39 is 0 Å². The van der Waals surface area contributed by atoms with Crippen molar-refractivity contribution in [3.8, 4) is 16.8 Å². The van der Waals surface area contributed by atoms with Crippen molar-refractivity contribution in [1.29, 1.82) is 0 Å². The molecule has 2 nitrogen and oxygen atoms in total. The van der Waals surface area contributed by atoms with Gasteiger partial charge in [0.25, 0.3) is 0 Å². The van der Waals surface area contributed by atoms with Gasteiger partial charge in [-0.2, -0.15) is 0 Å². The maximum atomic E-state index is 6.27. The number of fused-ring (bicyclic) bond motifs is 11. The van der Waals surface area contributed by atoms with Crippen molar-refractivity contribution in [1.82, 2.24) is 4.57 Å². The Bertz CT molecular complexity index is 3220. The van der Waals surface area contributed by atoms with Crippen molar-refractivity contribution in [2.24, 2.45) is 0 Å². The van der Waals surface area contributed by atoms with Crippen molar-refractivity contribution in [3.63, 3.8) is 0 Å². The molecule has 3 heteroatoms. The zero-order chi connectivity index (χ0) is 35.3. The Kier molecular flexibility index (Phi) is 6.55. The molecule has 0 amide bonds. The second-order valence-corrected chi connectivity index (χ2v) is 16.2. The smallest absolute Gasteiger partial charge is 0.136 e. The van der Waals surface area contributed by atoms with E-state index in [2.05, 4.69) is 156 Å². The number of hydrogen-bond donors (Lipinski definition) is 0. The number of thiophene rings is 1. The number of allylic oxidation sites excluding steroid dienone is 4. The third-order valence-electron chi connectivity index (χ3n) is 12.1. The number of para-hydroxylation sites is 2.